The number of benzene rings is 1. The van der Waals surface area contributed by atoms with Crippen molar-refractivity contribution in [2.24, 2.45) is 5.92 Å². The van der Waals surface area contributed by atoms with Crippen LogP contribution in [-0.2, 0) is 11.2 Å². The SMILES string of the molecule is COc1ccc(CCC2CCN(CN3C(=O)NC4(CCSC4)C3=O)CC2)cc1. The van der Waals surface area contributed by atoms with Crippen molar-refractivity contribution >= 4 is 23.7 Å². The number of hydrogen-bond donors (Lipinski definition) is 1. The zero-order chi connectivity index (χ0) is 19.6. The fourth-order valence-electron chi connectivity index (χ4n) is 4.42. The van der Waals surface area contributed by atoms with Gasteiger partial charge in [0.15, 0.2) is 0 Å². The Morgan fingerprint density at radius 3 is 2.61 bits per heavy atom. The zero-order valence-electron chi connectivity index (χ0n) is 16.5. The van der Waals surface area contributed by atoms with Gasteiger partial charge in [-0.25, -0.2) is 9.69 Å². The molecule has 3 amide bonds. The maximum atomic E-state index is 12.8. The van der Waals surface area contributed by atoms with E-state index in [4.69, 9.17) is 4.74 Å². The van der Waals surface area contributed by atoms with Gasteiger partial charge in [0, 0.05) is 18.8 Å². The lowest BCUT2D eigenvalue weighted by Crippen LogP contribution is -2.48. The Hall–Kier alpha value is -1.73. The number of likely N-dealkylation sites (tertiary alicyclic amines) is 1. The van der Waals surface area contributed by atoms with E-state index in [1.165, 1.54) is 16.9 Å². The summed E-state index contributed by atoms with van der Waals surface area (Å²) in [6.45, 7) is 2.33. The van der Waals surface area contributed by atoms with Crippen LogP contribution in [-0.4, -0.2) is 65.7 Å². The lowest BCUT2D eigenvalue weighted by molar-refractivity contribution is -0.132. The fraction of sp³-hybridized carbons (Fsp3) is 0.619. The predicted molar refractivity (Wildman–Crippen MR) is 111 cm³/mol. The third-order valence-corrected chi connectivity index (χ3v) is 7.51. The van der Waals surface area contributed by atoms with E-state index in [0.29, 0.717) is 18.3 Å². The van der Waals surface area contributed by atoms with Crippen molar-refractivity contribution in [1.82, 2.24) is 15.1 Å². The Bertz CT molecular complexity index is 710. The zero-order valence-corrected chi connectivity index (χ0v) is 17.3. The number of nitrogens with one attached hydrogen (secondary N) is 1. The smallest absolute Gasteiger partial charge is 0.326 e. The molecule has 1 atom stereocenters. The van der Waals surface area contributed by atoms with Crippen molar-refractivity contribution in [1.29, 1.82) is 0 Å². The molecule has 1 aromatic carbocycles. The quantitative estimate of drug-likeness (QED) is 0.740. The number of methoxy groups -OCH3 is 1. The first-order valence-electron chi connectivity index (χ1n) is 10.2. The third-order valence-electron chi connectivity index (χ3n) is 6.32. The van der Waals surface area contributed by atoms with E-state index in [0.717, 1.165) is 50.3 Å². The molecule has 1 N–H and O–H groups in total. The number of hydrogen-bond acceptors (Lipinski definition) is 5. The van der Waals surface area contributed by atoms with Crippen molar-refractivity contribution < 1.29 is 14.3 Å². The summed E-state index contributed by atoms with van der Waals surface area (Å²) in [6, 6.07) is 8.11. The van der Waals surface area contributed by atoms with Crippen LogP contribution in [0.4, 0.5) is 4.79 Å². The summed E-state index contributed by atoms with van der Waals surface area (Å²) in [7, 11) is 1.69. The summed E-state index contributed by atoms with van der Waals surface area (Å²) in [5.74, 6) is 3.24. The van der Waals surface area contributed by atoms with Crippen LogP contribution in [0.25, 0.3) is 0 Å². The summed E-state index contributed by atoms with van der Waals surface area (Å²) in [6.07, 6.45) is 5.28. The van der Waals surface area contributed by atoms with Gasteiger partial charge in [-0.1, -0.05) is 12.1 Å². The lowest BCUT2D eigenvalue weighted by Gasteiger charge is -2.33. The van der Waals surface area contributed by atoms with Crippen molar-refractivity contribution in [3.8, 4) is 5.75 Å². The molecular formula is C21H29N3O3S. The van der Waals surface area contributed by atoms with E-state index in [1.54, 1.807) is 18.9 Å². The first-order chi connectivity index (χ1) is 13.6. The van der Waals surface area contributed by atoms with Gasteiger partial charge < -0.3 is 10.1 Å². The van der Waals surface area contributed by atoms with Crippen molar-refractivity contribution in [3.63, 3.8) is 0 Å². The van der Waals surface area contributed by atoms with E-state index in [1.807, 2.05) is 12.1 Å². The molecule has 0 saturated carbocycles. The number of urea groups is 1. The van der Waals surface area contributed by atoms with Crippen molar-refractivity contribution in [2.75, 3.05) is 38.4 Å². The molecule has 0 aliphatic carbocycles. The fourth-order valence-corrected chi connectivity index (χ4v) is 5.74. The van der Waals surface area contributed by atoms with Gasteiger partial charge in [-0.15, -0.1) is 0 Å². The Morgan fingerprint density at radius 2 is 1.96 bits per heavy atom. The van der Waals surface area contributed by atoms with Crippen LogP contribution >= 0.6 is 11.8 Å². The number of thioether (sulfide) groups is 1. The molecule has 3 saturated heterocycles. The number of imide groups is 1. The van der Waals surface area contributed by atoms with Crippen LogP contribution in [0, 0.1) is 5.92 Å². The van der Waals surface area contributed by atoms with Gasteiger partial charge in [-0.2, -0.15) is 11.8 Å². The number of ether oxygens (including phenoxy) is 1. The molecule has 7 heteroatoms. The molecule has 1 unspecified atom stereocenters. The predicted octanol–water partition coefficient (Wildman–Crippen LogP) is 2.72. The Labute approximate surface area is 171 Å². The normalized spacial score (nSPS) is 26.2. The number of aryl methyl sites for hydroxylation is 1. The van der Waals surface area contributed by atoms with E-state index < -0.39 is 5.54 Å². The second kappa shape index (κ2) is 8.33. The molecule has 1 aromatic rings. The highest BCUT2D eigenvalue weighted by Gasteiger charge is 2.53. The number of piperidine rings is 1. The van der Waals surface area contributed by atoms with Gasteiger partial charge in [-0.3, -0.25) is 9.69 Å². The van der Waals surface area contributed by atoms with E-state index in [2.05, 4.69) is 22.3 Å². The summed E-state index contributed by atoms with van der Waals surface area (Å²) >= 11 is 1.75. The number of amides is 3. The molecule has 3 aliphatic rings. The van der Waals surface area contributed by atoms with Crippen LogP contribution < -0.4 is 10.1 Å². The van der Waals surface area contributed by atoms with Crippen molar-refractivity contribution in [2.45, 2.75) is 37.6 Å². The average Bonchev–Trinajstić information content (AvgIpc) is 3.28. The summed E-state index contributed by atoms with van der Waals surface area (Å²) in [5.41, 5.74) is 0.723. The Kier molecular flexibility index (Phi) is 5.83. The maximum Gasteiger partial charge on any atom is 0.326 e. The van der Waals surface area contributed by atoms with Crippen LogP contribution in [0.1, 0.15) is 31.2 Å². The average molecular weight is 404 g/mol. The second-order valence-corrected chi connectivity index (χ2v) is 9.24. The molecule has 3 fully saturated rings. The van der Waals surface area contributed by atoms with E-state index in [-0.39, 0.29) is 11.9 Å². The largest absolute Gasteiger partial charge is 0.497 e. The minimum atomic E-state index is -0.627. The molecule has 1 spiro atoms. The van der Waals surface area contributed by atoms with E-state index >= 15 is 0 Å². The highest BCUT2D eigenvalue weighted by atomic mass is 32.2. The van der Waals surface area contributed by atoms with Crippen LogP contribution in [0.15, 0.2) is 24.3 Å². The Balaban J connectivity index is 1.23. The van der Waals surface area contributed by atoms with Gasteiger partial charge in [0.2, 0.25) is 0 Å². The minimum Gasteiger partial charge on any atom is -0.497 e. The number of carbonyl (C=O) groups excluding carboxylic acids is 2. The second-order valence-electron chi connectivity index (χ2n) is 8.14. The first kappa shape index (κ1) is 19.6. The molecular weight excluding hydrogens is 374 g/mol. The topological polar surface area (TPSA) is 61.9 Å². The van der Waals surface area contributed by atoms with Gasteiger partial charge >= 0.3 is 6.03 Å². The first-order valence-corrected chi connectivity index (χ1v) is 11.3. The van der Waals surface area contributed by atoms with Crippen LogP contribution in [0.3, 0.4) is 0 Å². The maximum absolute atomic E-state index is 12.8. The molecule has 152 valence electrons. The number of nitrogens with zero attached hydrogens (tertiary/aromatic N) is 2. The van der Waals surface area contributed by atoms with Gasteiger partial charge in [0.1, 0.15) is 11.3 Å². The molecule has 0 radical (unpaired) electrons. The number of rotatable bonds is 6. The molecule has 0 aromatic heterocycles. The molecule has 3 heterocycles. The molecule has 28 heavy (non-hydrogen) atoms. The monoisotopic (exact) mass is 403 g/mol. The summed E-state index contributed by atoms with van der Waals surface area (Å²) in [5, 5.41) is 2.96. The molecule has 4 rings (SSSR count). The van der Waals surface area contributed by atoms with Gasteiger partial charge in [0.25, 0.3) is 5.91 Å². The third kappa shape index (κ3) is 4.01. The summed E-state index contributed by atoms with van der Waals surface area (Å²) in [4.78, 5) is 28.8. The van der Waals surface area contributed by atoms with Crippen LogP contribution in [0.5, 0.6) is 5.75 Å². The minimum absolute atomic E-state index is 0.0240. The Morgan fingerprint density at radius 1 is 1.21 bits per heavy atom. The van der Waals surface area contributed by atoms with Gasteiger partial charge in [0.05, 0.1) is 13.8 Å². The summed E-state index contributed by atoms with van der Waals surface area (Å²) < 4.78 is 5.21. The highest BCUT2D eigenvalue weighted by molar-refractivity contribution is 7.99. The lowest BCUT2D eigenvalue weighted by atomic mass is 9.90. The van der Waals surface area contributed by atoms with E-state index in [9.17, 15) is 9.59 Å². The molecule has 0 bridgehead atoms. The highest BCUT2D eigenvalue weighted by Crippen LogP contribution is 2.33. The van der Waals surface area contributed by atoms with Gasteiger partial charge in [-0.05, 0) is 61.5 Å². The number of carbonyl (C=O) groups is 2. The molecule has 3 aliphatic heterocycles. The standard InChI is InChI=1S/C21H29N3O3S/c1-27-18-6-4-16(5-7-18)2-3-17-8-11-23(12-9-17)15-24-19(25)21(22-20(24)26)10-13-28-14-21/h4-7,17H,2-3,8-15H2,1H3,(H,22,26). The molecule has 6 nitrogen and oxygen atoms in total. The van der Waals surface area contributed by atoms with Crippen molar-refractivity contribution in [3.05, 3.63) is 29.8 Å². The van der Waals surface area contributed by atoms with Crippen LogP contribution in [0.2, 0.25) is 0 Å².